The molecular formula is C43H57N3O4. The maximum atomic E-state index is 12.6. The van der Waals surface area contributed by atoms with Gasteiger partial charge in [0.1, 0.15) is 25.3 Å². The van der Waals surface area contributed by atoms with Crippen LogP contribution < -0.4 is 5.73 Å². The average Bonchev–Trinajstić information content (AvgIpc) is 3.10. The number of aryl methyl sites for hydroxylation is 1. The van der Waals surface area contributed by atoms with Gasteiger partial charge < -0.3 is 15.2 Å². The van der Waals surface area contributed by atoms with Crippen LogP contribution in [0, 0.1) is 18.8 Å². The number of anilines is 1. The largest absolute Gasteiger partial charge is 0.460 e. The summed E-state index contributed by atoms with van der Waals surface area (Å²) in [5.41, 5.74) is 12.3. The van der Waals surface area contributed by atoms with Crippen molar-refractivity contribution in [1.82, 2.24) is 9.80 Å². The molecule has 0 bridgehead atoms. The Labute approximate surface area is 300 Å². The van der Waals surface area contributed by atoms with Crippen LogP contribution in [0.15, 0.2) is 109 Å². The van der Waals surface area contributed by atoms with E-state index in [-0.39, 0.29) is 35.9 Å². The third-order valence-corrected chi connectivity index (χ3v) is 8.75. The van der Waals surface area contributed by atoms with Gasteiger partial charge in [0.05, 0.1) is 0 Å². The lowest BCUT2D eigenvalue weighted by Crippen LogP contribution is -2.44. The number of hydrogen-bond acceptors (Lipinski definition) is 7. The van der Waals surface area contributed by atoms with Crippen molar-refractivity contribution in [3.63, 3.8) is 0 Å². The fourth-order valence-electron chi connectivity index (χ4n) is 5.88. The van der Waals surface area contributed by atoms with Gasteiger partial charge in [-0.2, -0.15) is 0 Å². The monoisotopic (exact) mass is 679 g/mol. The second kappa shape index (κ2) is 20.9. The standard InChI is InChI=1S/C22H29NO2.C21H28N2O2/c1-17(2)21(22(24)25-16-20-8-6-5-7-9-20)23(4)15-14-19-12-10-18(3)11-13-19;1-16(2)20(21(24)25-15-18-7-5-4-6-8-18)23(3)14-13-17-9-11-19(22)12-10-17/h5-13,17,21H,14-16H2,1-4H3;4-12,16,20H,13-15,22H2,1-3H3/t21-;20-/m00/s1. The van der Waals surface area contributed by atoms with Crippen LogP contribution in [-0.4, -0.2) is 61.0 Å². The minimum absolute atomic E-state index is 0.148. The molecule has 7 nitrogen and oxygen atoms in total. The van der Waals surface area contributed by atoms with Crippen molar-refractivity contribution in [2.24, 2.45) is 11.8 Å². The smallest absolute Gasteiger partial charge is 0.323 e. The minimum Gasteiger partial charge on any atom is -0.460 e. The Hall–Kier alpha value is -4.46. The molecule has 0 fully saturated rings. The first-order chi connectivity index (χ1) is 23.9. The maximum Gasteiger partial charge on any atom is 0.323 e. The van der Waals surface area contributed by atoms with Crippen molar-refractivity contribution >= 4 is 17.6 Å². The molecule has 0 spiro atoms. The number of carbonyl (C=O) groups is 2. The summed E-state index contributed by atoms with van der Waals surface area (Å²) in [6.45, 7) is 12.6. The first kappa shape index (κ1) is 40.0. The molecule has 7 heteroatoms. The number of esters is 2. The van der Waals surface area contributed by atoms with Gasteiger partial charge in [-0.05, 0) is 80.1 Å². The lowest BCUT2D eigenvalue weighted by atomic mass is 10.0. The summed E-state index contributed by atoms with van der Waals surface area (Å²) in [4.78, 5) is 29.4. The molecular weight excluding hydrogens is 622 g/mol. The van der Waals surface area contributed by atoms with E-state index in [0.717, 1.165) is 42.7 Å². The molecule has 0 saturated heterocycles. The number of ether oxygens (including phenoxy) is 2. The Balaban J connectivity index is 0.000000270. The van der Waals surface area contributed by atoms with Gasteiger partial charge in [0.15, 0.2) is 0 Å². The van der Waals surface area contributed by atoms with E-state index in [2.05, 4.69) is 54.8 Å². The van der Waals surface area contributed by atoms with Crippen molar-refractivity contribution in [1.29, 1.82) is 0 Å². The van der Waals surface area contributed by atoms with Gasteiger partial charge >= 0.3 is 11.9 Å². The summed E-state index contributed by atoms with van der Waals surface area (Å²) in [5.74, 6) is 0.0647. The Morgan fingerprint density at radius 3 is 1.28 bits per heavy atom. The molecule has 4 rings (SSSR count). The Bertz CT molecular complexity index is 1420. The molecule has 4 aromatic rings. The number of nitrogen functional groups attached to an aromatic ring is 1. The molecule has 0 unspecified atom stereocenters. The van der Waals surface area contributed by atoms with E-state index < -0.39 is 0 Å². The van der Waals surface area contributed by atoms with E-state index in [4.69, 9.17) is 15.2 Å². The topological polar surface area (TPSA) is 85.1 Å². The molecule has 0 saturated carbocycles. The number of benzene rings is 4. The fraction of sp³-hybridized carbons (Fsp3) is 0.395. The third-order valence-electron chi connectivity index (χ3n) is 8.75. The summed E-state index contributed by atoms with van der Waals surface area (Å²) in [5, 5.41) is 0. The minimum atomic E-state index is -0.252. The molecule has 2 atom stereocenters. The van der Waals surface area contributed by atoms with Crippen molar-refractivity contribution in [3.05, 3.63) is 137 Å². The van der Waals surface area contributed by atoms with Gasteiger partial charge in [-0.15, -0.1) is 0 Å². The zero-order chi connectivity index (χ0) is 36.5. The number of nitrogens with zero attached hydrogens (tertiary/aromatic N) is 2. The molecule has 0 aromatic heterocycles. The molecule has 4 aromatic carbocycles. The number of likely N-dealkylation sites (N-methyl/N-ethyl adjacent to an activating group) is 2. The summed E-state index contributed by atoms with van der Waals surface area (Å²) in [6, 6.07) is 35.5. The van der Waals surface area contributed by atoms with Crippen LogP contribution in [0.1, 0.15) is 55.5 Å². The summed E-state index contributed by atoms with van der Waals surface area (Å²) >= 11 is 0. The second-order valence-corrected chi connectivity index (χ2v) is 13.8. The van der Waals surface area contributed by atoms with Crippen LogP contribution in [0.5, 0.6) is 0 Å². The number of hydrogen-bond donors (Lipinski definition) is 1. The van der Waals surface area contributed by atoms with Crippen LogP contribution in [0.3, 0.4) is 0 Å². The van der Waals surface area contributed by atoms with Crippen LogP contribution in [0.4, 0.5) is 5.69 Å². The third kappa shape index (κ3) is 13.8. The number of nitrogens with two attached hydrogens (primary N) is 1. The molecule has 50 heavy (non-hydrogen) atoms. The molecule has 268 valence electrons. The summed E-state index contributed by atoms with van der Waals surface area (Å²) < 4.78 is 11.1. The van der Waals surface area contributed by atoms with E-state index in [0.29, 0.717) is 13.2 Å². The average molecular weight is 680 g/mol. The van der Waals surface area contributed by atoms with Gasteiger partial charge in [-0.1, -0.05) is 130 Å². The van der Waals surface area contributed by atoms with Gasteiger partial charge in [0.25, 0.3) is 0 Å². The molecule has 0 aliphatic carbocycles. The summed E-state index contributed by atoms with van der Waals surface area (Å²) in [6.07, 6.45) is 1.79. The quantitative estimate of drug-likeness (QED) is 0.0958. The van der Waals surface area contributed by atoms with Crippen LogP contribution in [-0.2, 0) is 45.1 Å². The van der Waals surface area contributed by atoms with E-state index in [1.807, 2.05) is 113 Å². The van der Waals surface area contributed by atoms with E-state index >= 15 is 0 Å². The highest BCUT2D eigenvalue weighted by Gasteiger charge is 2.29. The van der Waals surface area contributed by atoms with Crippen LogP contribution in [0.2, 0.25) is 0 Å². The van der Waals surface area contributed by atoms with Crippen molar-refractivity contribution in [2.45, 2.75) is 72.8 Å². The highest BCUT2D eigenvalue weighted by molar-refractivity contribution is 5.76. The normalized spacial score (nSPS) is 12.4. The molecule has 0 aliphatic heterocycles. The van der Waals surface area contributed by atoms with Gasteiger partial charge in [-0.3, -0.25) is 19.4 Å². The number of carbonyl (C=O) groups excluding carboxylic acids is 2. The van der Waals surface area contributed by atoms with Crippen LogP contribution in [0.25, 0.3) is 0 Å². The van der Waals surface area contributed by atoms with Crippen molar-refractivity contribution in [3.8, 4) is 0 Å². The molecule has 0 radical (unpaired) electrons. The Morgan fingerprint density at radius 1 is 0.560 bits per heavy atom. The molecule has 0 heterocycles. The maximum absolute atomic E-state index is 12.6. The van der Waals surface area contributed by atoms with Gasteiger partial charge in [0.2, 0.25) is 0 Å². The second-order valence-electron chi connectivity index (χ2n) is 13.8. The predicted octanol–water partition coefficient (Wildman–Crippen LogP) is 7.75. The lowest BCUT2D eigenvalue weighted by molar-refractivity contribution is -0.153. The van der Waals surface area contributed by atoms with E-state index in [1.54, 1.807) is 0 Å². The molecule has 2 N–H and O–H groups in total. The first-order valence-electron chi connectivity index (χ1n) is 17.7. The SMILES string of the molecule is CC(C)[C@@H](C(=O)OCc1ccccc1)N(C)CCc1ccc(N)cc1.Cc1ccc(CCN(C)[C@H](C(=O)OCc2ccccc2)C(C)C)cc1. The van der Waals surface area contributed by atoms with Gasteiger partial charge in [-0.25, -0.2) is 0 Å². The summed E-state index contributed by atoms with van der Waals surface area (Å²) in [7, 11) is 3.98. The molecule has 0 amide bonds. The van der Waals surface area contributed by atoms with E-state index in [9.17, 15) is 9.59 Å². The lowest BCUT2D eigenvalue weighted by Gasteiger charge is -2.29. The van der Waals surface area contributed by atoms with Crippen LogP contribution >= 0.6 is 0 Å². The van der Waals surface area contributed by atoms with Crippen molar-refractivity contribution in [2.75, 3.05) is 32.9 Å². The first-order valence-corrected chi connectivity index (χ1v) is 17.7. The Kier molecular flexibility index (Phi) is 16.7. The predicted molar refractivity (Wildman–Crippen MR) is 204 cm³/mol. The van der Waals surface area contributed by atoms with Crippen molar-refractivity contribution < 1.29 is 19.1 Å². The molecule has 0 aliphatic rings. The zero-order valence-electron chi connectivity index (χ0n) is 31.0. The highest BCUT2D eigenvalue weighted by Crippen LogP contribution is 2.16. The fourth-order valence-corrected chi connectivity index (χ4v) is 5.88. The number of rotatable bonds is 16. The van der Waals surface area contributed by atoms with Gasteiger partial charge in [0, 0.05) is 18.8 Å². The highest BCUT2D eigenvalue weighted by atomic mass is 16.5. The Morgan fingerprint density at radius 2 is 0.920 bits per heavy atom. The zero-order valence-corrected chi connectivity index (χ0v) is 31.0. The van der Waals surface area contributed by atoms with E-state index in [1.165, 1.54) is 16.7 Å².